The number of hydrogen-bond acceptors (Lipinski definition) is 4. The quantitative estimate of drug-likeness (QED) is 0.736. The summed E-state index contributed by atoms with van der Waals surface area (Å²) in [5.74, 6) is 1.97. The maximum atomic E-state index is 12.5. The van der Waals surface area contributed by atoms with Crippen LogP contribution in [0.2, 0.25) is 0 Å². The van der Waals surface area contributed by atoms with Gasteiger partial charge in [-0.2, -0.15) is 0 Å². The van der Waals surface area contributed by atoms with E-state index < -0.39 is 0 Å². The van der Waals surface area contributed by atoms with Crippen molar-refractivity contribution >= 4 is 18.3 Å². The van der Waals surface area contributed by atoms with E-state index in [9.17, 15) is 4.79 Å². The summed E-state index contributed by atoms with van der Waals surface area (Å²) in [6.45, 7) is 11.0. The molecule has 0 bridgehead atoms. The van der Waals surface area contributed by atoms with Gasteiger partial charge >= 0.3 is 0 Å². The molecule has 1 amide bonds. The minimum atomic E-state index is -0.0343. The third kappa shape index (κ3) is 5.79. The summed E-state index contributed by atoms with van der Waals surface area (Å²) in [4.78, 5) is 12.5. The molecule has 1 heterocycles. The molecular weight excluding hydrogens is 340 g/mol. The minimum Gasteiger partial charge on any atom is -0.490 e. The molecular formula is C19H31ClN2O3. The molecule has 142 valence electrons. The van der Waals surface area contributed by atoms with Crippen LogP contribution >= 0.6 is 12.4 Å². The molecule has 0 spiro atoms. The fraction of sp³-hybridized carbons (Fsp3) is 0.632. The summed E-state index contributed by atoms with van der Waals surface area (Å²) in [6, 6.07) is 5.91. The van der Waals surface area contributed by atoms with Crippen LogP contribution in [0.5, 0.6) is 11.5 Å². The van der Waals surface area contributed by atoms with Crippen molar-refractivity contribution in [2.24, 2.45) is 11.8 Å². The molecule has 0 saturated carbocycles. The van der Waals surface area contributed by atoms with Crippen LogP contribution in [0.1, 0.15) is 45.7 Å². The molecule has 5 nitrogen and oxygen atoms in total. The molecule has 2 atom stereocenters. The Morgan fingerprint density at radius 1 is 1.24 bits per heavy atom. The van der Waals surface area contributed by atoms with Gasteiger partial charge in [0.25, 0.3) is 0 Å². The van der Waals surface area contributed by atoms with Crippen LogP contribution in [0.25, 0.3) is 0 Å². The second-order valence-electron chi connectivity index (χ2n) is 6.49. The molecule has 2 N–H and O–H groups in total. The van der Waals surface area contributed by atoms with Crippen LogP contribution < -0.4 is 20.1 Å². The molecule has 1 aromatic carbocycles. The van der Waals surface area contributed by atoms with Gasteiger partial charge in [-0.25, -0.2) is 0 Å². The lowest BCUT2D eigenvalue weighted by molar-refractivity contribution is -0.125. The number of rotatable bonds is 8. The molecule has 0 aliphatic carbocycles. The maximum absolute atomic E-state index is 12.5. The first kappa shape index (κ1) is 21.6. The Kier molecular flexibility index (Phi) is 9.08. The molecule has 6 heteroatoms. The Bertz CT molecular complexity index is 545. The number of benzene rings is 1. The van der Waals surface area contributed by atoms with Crippen molar-refractivity contribution in [3.63, 3.8) is 0 Å². The van der Waals surface area contributed by atoms with Gasteiger partial charge in [-0.05, 0) is 50.4 Å². The number of hydrogen-bond donors (Lipinski definition) is 2. The van der Waals surface area contributed by atoms with Gasteiger partial charge in [0.15, 0.2) is 11.5 Å². The summed E-state index contributed by atoms with van der Waals surface area (Å²) in [5.41, 5.74) is 1.05. The molecule has 1 fully saturated rings. The molecule has 0 aromatic heterocycles. The number of halogens is 1. The Balaban J connectivity index is 0.00000312. The van der Waals surface area contributed by atoms with Crippen molar-refractivity contribution in [3.8, 4) is 11.5 Å². The second kappa shape index (κ2) is 10.5. The topological polar surface area (TPSA) is 59.6 Å². The van der Waals surface area contributed by atoms with Crippen molar-refractivity contribution in [3.05, 3.63) is 23.8 Å². The SMILES string of the molecule is CCOc1ccc(C(NC(=O)C2CCNC2)C(C)C)cc1OCC.Cl. The molecule has 25 heavy (non-hydrogen) atoms. The van der Waals surface area contributed by atoms with E-state index in [2.05, 4.69) is 24.5 Å². The van der Waals surface area contributed by atoms with E-state index in [1.807, 2.05) is 32.0 Å². The Hall–Kier alpha value is -1.46. The van der Waals surface area contributed by atoms with E-state index in [0.29, 0.717) is 13.2 Å². The van der Waals surface area contributed by atoms with Gasteiger partial charge in [0.1, 0.15) is 0 Å². The number of carbonyl (C=O) groups excluding carboxylic acids is 1. The lowest BCUT2D eigenvalue weighted by atomic mass is 9.94. The number of ether oxygens (including phenoxy) is 2. The molecule has 1 aromatic rings. The fourth-order valence-electron chi connectivity index (χ4n) is 3.05. The molecule has 2 rings (SSSR count). The van der Waals surface area contributed by atoms with Crippen LogP contribution in [0.3, 0.4) is 0 Å². The molecule has 1 aliphatic rings. The van der Waals surface area contributed by atoms with Crippen LogP contribution in [0, 0.1) is 11.8 Å². The van der Waals surface area contributed by atoms with Crippen LogP contribution in [-0.2, 0) is 4.79 Å². The normalized spacial score (nSPS) is 17.7. The van der Waals surface area contributed by atoms with E-state index in [1.54, 1.807) is 0 Å². The van der Waals surface area contributed by atoms with Crippen LogP contribution in [0.4, 0.5) is 0 Å². The van der Waals surface area contributed by atoms with Crippen molar-refractivity contribution in [1.29, 1.82) is 0 Å². The van der Waals surface area contributed by atoms with Crippen molar-refractivity contribution in [2.75, 3.05) is 26.3 Å². The van der Waals surface area contributed by atoms with Crippen LogP contribution in [-0.4, -0.2) is 32.2 Å². The van der Waals surface area contributed by atoms with Gasteiger partial charge < -0.3 is 20.1 Å². The smallest absolute Gasteiger partial charge is 0.224 e. The second-order valence-corrected chi connectivity index (χ2v) is 6.49. The van der Waals surface area contributed by atoms with Gasteiger partial charge in [0, 0.05) is 6.54 Å². The average Bonchev–Trinajstić information content (AvgIpc) is 3.09. The third-order valence-electron chi connectivity index (χ3n) is 4.32. The summed E-state index contributed by atoms with van der Waals surface area (Å²) in [5, 5.41) is 6.47. The summed E-state index contributed by atoms with van der Waals surface area (Å²) in [6.07, 6.45) is 0.907. The first-order chi connectivity index (χ1) is 11.6. The number of nitrogens with one attached hydrogen (secondary N) is 2. The zero-order chi connectivity index (χ0) is 17.5. The van der Waals surface area contributed by atoms with E-state index in [-0.39, 0.29) is 36.2 Å². The first-order valence-electron chi connectivity index (χ1n) is 8.97. The van der Waals surface area contributed by atoms with Crippen molar-refractivity contribution < 1.29 is 14.3 Å². The third-order valence-corrected chi connectivity index (χ3v) is 4.32. The highest BCUT2D eigenvalue weighted by molar-refractivity contribution is 5.85. The lowest BCUT2D eigenvalue weighted by Crippen LogP contribution is -2.37. The van der Waals surface area contributed by atoms with Crippen molar-refractivity contribution in [1.82, 2.24) is 10.6 Å². The highest BCUT2D eigenvalue weighted by atomic mass is 35.5. The molecule has 1 aliphatic heterocycles. The van der Waals surface area contributed by atoms with Gasteiger partial charge in [-0.1, -0.05) is 19.9 Å². The zero-order valence-electron chi connectivity index (χ0n) is 15.6. The van der Waals surface area contributed by atoms with Gasteiger partial charge in [0.2, 0.25) is 5.91 Å². The Morgan fingerprint density at radius 3 is 2.48 bits per heavy atom. The fourth-order valence-corrected chi connectivity index (χ4v) is 3.05. The monoisotopic (exact) mass is 370 g/mol. The minimum absolute atomic E-state index is 0. The van der Waals surface area contributed by atoms with Gasteiger partial charge in [0.05, 0.1) is 25.2 Å². The molecule has 0 radical (unpaired) electrons. The van der Waals surface area contributed by atoms with E-state index >= 15 is 0 Å². The molecule has 2 unspecified atom stereocenters. The van der Waals surface area contributed by atoms with E-state index in [0.717, 1.165) is 36.6 Å². The Labute approximate surface area is 157 Å². The van der Waals surface area contributed by atoms with Gasteiger partial charge in [-0.3, -0.25) is 4.79 Å². The van der Waals surface area contributed by atoms with Crippen molar-refractivity contribution in [2.45, 2.75) is 40.2 Å². The van der Waals surface area contributed by atoms with Crippen LogP contribution in [0.15, 0.2) is 18.2 Å². The molecule has 1 saturated heterocycles. The predicted molar refractivity (Wildman–Crippen MR) is 103 cm³/mol. The number of carbonyl (C=O) groups is 1. The van der Waals surface area contributed by atoms with E-state index in [1.165, 1.54) is 0 Å². The maximum Gasteiger partial charge on any atom is 0.224 e. The largest absolute Gasteiger partial charge is 0.490 e. The van der Waals surface area contributed by atoms with E-state index in [4.69, 9.17) is 9.47 Å². The van der Waals surface area contributed by atoms with Gasteiger partial charge in [-0.15, -0.1) is 12.4 Å². The predicted octanol–water partition coefficient (Wildman–Crippen LogP) is 3.33. The number of amides is 1. The summed E-state index contributed by atoms with van der Waals surface area (Å²) in [7, 11) is 0. The zero-order valence-corrected chi connectivity index (χ0v) is 16.4. The highest BCUT2D eigenvalue weighted by Gasteiger charge is 2.27. The lowest BCUT2D eigenvalue weighted by Gasteiger charge is -2.25. The summed E-state index contributed by atoms with van der Waals surface area (Å²) < 4.78 is 11.3. The standard InChI is InChI=1S/C19H30N2O3.ClH/c1-5-23-16-8-7-14(11-17(16)24-6-2)18(13(3)4)21-19(22)15-9-10-20-12-15;/h7-8,11,13,15,18,20H,5-6,9-10,12H2,1-4H3,(H,21,22);1H. The highest BCUT2D eigenvalue weighted by Crippen LogP contribution is 2.33. The average molecular weight is 371 g/mol. The first-order valence-corrected chi connectivity index (χ1v) is 8.97. The summed E-state index contributed by atoms with van der Waals surface area (Å²) >= 11 is 0. The Morgan fingerprint density at radius 2 is 1.92 bits per heavy atom.